The van der Waals surface area contributed by atoms with Crippen molar-refractivity contribution in [2.45, 2.75) is 13.8 Å². The van der Waals surface area contributed by atoms with E-state index in [0.29, 0.717) is 0 Å². The monoisotopic (exact) mass is 98.1 g/mol. The Morgan fingerprint density at radius 1 is 1.43 bits per heavy atom. The second-order valence-electron chi connectivity index (χ2n) is 1.67. The zero-order chi connectivity index (χ0) is 5.70. The molecule has 3 N–H and O–H groups in total. The van der Waals surface area contributed by atoms with E-state index in [4.69, 9.17) is 0 Å². The van der Waals surface area contributed by atoms with Gasteiger partial charge in [0.25, 0.3) is 0 Å². The number of hydrogen-bond donors (Lipinski definition) is 1. The summed E-state index contributed by atoms with van der Waals surface area (Å²) in [5, 5.41) is 0. The molecule has 0 unspecified atom stereocenters. The Balaban J connectivity index is 3.46. The second kappa shape index (κ2) is 3.62. The molecular weight excluding hydrogens is 86.1 g/mol. The van der Waals surface area contributed by atoms with Crippen LogP contribution in [0.5, 0.6) is 0 Å². The highest BCUT2D eigenvalue weighted by atomic mass is 14.5. The molecule has 0 atom stereocenters. The van der Waals surface area contributed by atoms with Gasteiger partial charge < -0.3 is 5.73 Å². The molecule has 0 aliphatic heterocycles. The fraction of sp³-hybridized carbons (Fsp3) is 0.333. The molecular formula is C6H12N+. The summed E-state index contributed by atoms with van der Waals surface area (Å²) in [6.07, 6.45) is 5.72. The van der Waals surface area contributed by atoms with Crippen LogP contribution >= 0.6 is 0 Å². The standard InChI is InChI=1S/C6H11N/c1-6(2)4-3-5-7/h3-5H,7H2,1-2H3/p+1/b5-3-. The minimum absolute atomic E-state index is 1.31. The van der Waals surface area contributed by atoms with Gasteiger partial charge in [0.1, 0.15) is 0 Å². The average Bonchev–Trinajstić information content (AvgIpc) is 1.61. The Kier molecular flexibility index (Phi) is 3.33. The topological polar surface area (TPSA) is 27.6 Å². The molecule has 0 aromatic carbocycles. The Morgan fingerprint density at radius 3 is 2.14 bits per heavy atom. The van der Waals surface area contributed by atoms with Crippen LogP contribution < -0.4 is 5.73 Å². The highest BCUT2D eigenvalue weighted by Crippen LogP contribution is 1.85. The van der Waals surface area contributed by atoms with E-state index in [0.717, 1.165) is 0 Å². The molecule has 0 spiro atoms. The maximum Gasteiger partial charge on any atom is 0.0909 e. The molecule has 0 aliphatic rings. The van der Waals surface area contributed by atoms with Gasteiger partial charge in [0.15, 0.2) is 0 Å². The van der Waals surface area contributed by atoms with Crippen molar-refractivity contribution >= 4 is 0 Å². The molecule has 0 radical (unpaired) electrons. The van der Waals surface area contributed by atoms with Crippen molar-refractivity contribution in [1.29, 1.82) is 0 Å². The molecule has 0 bridgehead atoms. The van der Waals surface area contributed by atoms with Crippen molar-refractivity contribution in [3.63, 3.8) is 0 Å². The minimum Gasteiger partial charge on any atom is -0.331 e. The molecule has 1 heteroatoms. The van der Waals surface area contributed by atoms with Crippen molar-refractivity contribution in [2.75, 3.05) is 0 Å². The van der Waals surface area contributed by atoms with Gasteiger partial charge in [0.2, 0.25) is 0 Å². The maximum absolute atomic E-state index is 3.53. The summed E-state index contributed by atoms with van der Waals surface area (Å²) in [7, 11) is 0. The Morgan fingerprint density at radius 2 is 2.00 bits per heavy atom. The summed E-state index contributed by atoms with van der Waals surface area (Å²) in [4.78, 5) is 0. The average molecular weight is 98.2 g/mol. The van der Waals surface area contributed by atoms with Crippen LogP contribution in [0.3, 0.4) is 0 Å². The zero-order valence-electron chi connectivity index (χ0n) is 4.94. The molecule has 0 amide bonds. The molecule has 40 valence electrons. The first-order valence-electron chi connectivity index (χ1n) is 2.36. The van der Waals surface area contributed by atoms with Crippen LogP contribution in [0.15, 0.2) is 23.9 Å². The van der Waals surface area contributed by atoms with Gasteiger partial charge in [-0.2, -0.15) is 0 Å². The molecule has 1 nitrogen and oxygen atoms in total. The highest BCUT2D eigenvalue weighted by molar-refractivity contribution is 5.05. The van der Waals surface area contributed by atoms with E-state index in [9.17, 15) is 0 Å². The van der Waals surface area contributed by atoms with E-state index in [-0.39, 0.29) is 0 Å². The third-order valence-corrected chi connectivity index (χ3v) is 0.566. The molecule has 0 aromatic heterocycles. The van der Waals surface area contributed by atoms with Gasteiger partial charge in [-0.3, -0.25) is 0 Å². The SMILES string of the molecule is CC(C)=C/C=C\[NH3+]. The molecule has 0 saturated heterocycles. The lowest BCUT2D eigenvalue weighted by molar-refractivity contribution is -0.274. The molecule has 0 aromatic rings. The molecule has 0 fully saturated rings. The second-order valence-corrected chi connectivity index (χ2v) is 1.67. The summed E-state index contributed by atoms with van der Waals surface area (Å²) >= 11 is 0. The minimum atomic E-state index is 1.31. The highest BCUT2D eigenvalue weighted by Gasteiger charge is 1.66. The summed E-state index contributed by atoms with van der Waals surface area (Å²) in [5.41, 5.74) is 4.84. The van der Waals surface area contributed by atoms with Gasteiger partial charge in [0, 0.05) is 0 Å². The Bertz CT molecular complexity index is 86.4. The van der Waals surface area contributed by atoms with Crippen molar-refractivity contribution in [3.8, 4) is 0 Å². The van der Waals surface area contributed by atoms with Gasteiger partial charge >= 0.3 is 0 Å². The van der Waals surface area contributed by atoms with E-state index in [1.54, 1.807) is 6.20 Å². The first kappa shape index (κ1) is 6.44. The quantitative estimate of drug-likeness (QED) is 0.468. The van der Waals surface area contributed by atoms with Gasteiger partial charge in [-0.25, -0.2) is 0 Å². The zero-order valence-corrected chi connectivity index (χ0v) is 4.94. The third-order valence-electron chi connectivity index (χ3n) is 0.566. The van der Waals surface area contributed by atoms with Crippen LogP contribution in [0.4, 0.5) is 0 Å². The lowest BCUT2D eigenvalue weighted by Crippen LogP contribution is -2.38. The van der Waals surface area contributed by atoms with Gasteiger partial charge in [-0.1, -0.05) is 11.6 Å². The summed E-state index contributed by atoms with van der Waals surface area (Å²) < 4.78 is 0. The molecule has 0 rings (SSSR count). The van der Waals surface area contributed by atoms with Crippen LogP contribution in [0.1, 0.15) is 13.8 Å². The normalized spacial score (nSPS) is 9.57. The first-order valence-corrected chi connectivity index (χ1v) is 2.36. The number of quaternary nitrogens is 1. The molecule has 0 saturated carbocycles. The first-order chi connectivity index (χ1) is 3.27. The van der Waals surface area contributed by atoms with E-state index in [2.05, 4.69) is 19.6 Å². The van der Waals surface area contributed by atoms with Crippen LogP contribution in [0.25, 0.3) is 0 Å². The van der Waals surface area contributed by atoms with Crippen molar-refractivity contribution in [2.24, 2.45) is 0 Å². The van der Waals surface area contributed by atoms with Crippen LogP contribution in [0, 0.1) is 0 Å². The van der Waals surface area contributed by atoms with E-state index >= 15 is 0 Å². The predicted molar refractivity (Wildman–Crippen MR) is 31.5 cm³/mol. The van der Waals surface area contributed by atoms with Gasteiger partial charge in [0.05, 0.1) is 6.20 Å². The number of hydrogen-bond acceptors (Lipinski definition) is 0. The van der Waals surface area contributed by atoms with E-state index in [1.165, 1.54) is 5.57 Å². The molecule has 0 heterocycles. The molecule has 0 aliphatic carbocycles. The smallest absolute Gasteiger partial charge is 0.0909 e. The number of allylic oxidation sites excluding steroid dienone is 3. The molecule has 7 heavy (non-hydrogen) atoms. The summed E-state index contributed by atoms with van der Waals surface area (Å²) in [6.45, 7) is 4.11. The van der Waals surface area contributed by atoms with Crippen molar-refractivity contribution in [1.82, 2.24) is 0 Å². The Labute approximate surface area is 44.5 Å². The predicted octanol–water partition coefficient (Wildman–Crippen LogP) is 0.708. The van der Waals surface area contributed by atoms with Crippen LogP contribution in [0.2, 0.25) is 0 Å². The Hall–Kier alpha value is -0.560. The number of rotatable bonds is 1. The lowest BCUT2D eigenvalue weighted by Gasteiger charge is -1.76. The van der Waals surface area contributed by atoms with Crippen molar-refractivity contribution < 1.29 is 5.73 Å². The van der Waals surface area contributed by atoms with E-state index in [1.807, 2.05) is 12.2 Å². The van der Waals surface area contributed by atoms with Crippen LogP contribution in [-0.2, 0) is 0 Å². The van der Waals surface area contributed by atoms with Crippen molar-refractivity contribution in [3.05, 3.63) is 23.9 Å². The summed E-state index contributed by atoms with van der Waals surface area (Å²) in [6, 6.07) is 0. The summed E-state index contributed by atoms with van der Waals surface area (Å²) in [5.74, 6) is 0. The maximum atomic E-state index is 3.53. The van der Waals surface area contributed by atoms with Gasteiger partial charge in [-0.05, 0) is 19.9 Å². The lowest BCUT2D eigenvalue weighted by atomic mass is 10.3. The fourth-order valence-electron chi connectivity index (χ4n) is 0.260. The van der Waals surface area contributed by atoms with Crippen LogP contribution in [-0.4, -0.2) is 0 Å². The third kappa shape index (κ3) is 5.44. The fourth-order valence-corrected chi connectivity index (χ4v) is 0.260. The van der Waals surface area contributed by atoms with E-state index < -0.39 is 0 Å². The largest absolute Gasteiger partial charge is 0.331 e. The van der Waals surface area contributed by atoms with Gasteiger partial charge in [-0.15, -0.1) is 0 Å².